The van der Waals surface area contributed by atoms with Crippen molar-refractivity contribution in [2.75, 3.05) is 39.3 Å². The fourth-order valence-electron chi connectivity index (χ4n) is 4.82. The molecule has 0 aliphatic rings. The maximum absolute atomic E-state index is 14.5. The molecular weight excluding hydrogens is 669 g/mol. The standard InChI is InChI=1S/C33H41Cl2N3O8S/c1-9-26(32(40)36-33(2,3)4)37(19-21-10-13-24(34)25(35)16-21)31(39)20-38(27-17-22(43-5)11-14-28(27)44-6)47(41,42)23-12-15-29(45-7)30(18-23)46-8/h10-18,26H,9,19-20H2,1-8H3,(H,36,40)/t26-/m0/s1. The predicted octanol–water partition coefficient (Wildman–Crippen LogP) is 5.95. The van der Waals surface area contributed by atoms with Gasteiger partial charge in [-0.2, -0.15) is 0 Å². The third-order valence-electron chi connectivity index (χ3n) is 7.10. The van der Waals surface area contributed by atoms with Gasteiger partial charge in [-0.15, -0.1) is 0 Å². The number of nitrogens with one attached hydrogen (secondary N) is 1. The molecule has 1 N–H and O–H groups in total. The van der Waals surface area contributed by atoms with E-state index in [0.29, 0.717) is 22.1 Å². The molecule has 11 nitrogen and oxygen atoms in total. The molecule has 0 aliphatic heterocycles. The van der Waals surface area contributed by atoms with Crippen molar-refractivity contribution < 1.29 is 37.0 Å². The van der Waals surface area contributed by atoms with Gasteiger partial charge < -0.3 is 29.2 Å². The van der Waals surface area contributed by atoms with Crippen LogP contribution in [-0.4, -0.2) is 71.7 Å². The van der Waals surface area contributed by atoms with Crippen molar-refractivity contribution >= 4 is 50.7 Å². The summed E-state index contributed by atoms with van der Waals surface area (Å²) in [4.78, 5) is 29.2. The lowest BCUT2D eigenvalue weighted by Crippen LogP contribution is -2.55. The Morgan fingerprint density at radius 3 is 2.02 bits per heavy atom. The third-order valence-corrected chi connectivity index (χ3v) is 9.59. The topological polar surface area (TPSA) is 124 Å². The van der Waals surface area contributed by atoms with Gasteiger partial charge in [0, 0.05) is 24.2 Å². The number of sulfonamides is 1. The van der Waals surface area contributed by atoms with Crippen LogP contribution in [0.25, 0.3) is 0 Å². The van der Waals surface area contributed by atoms with Crippen molar-refractivity contribution in [1.82, 2.24) is 10.2 Å². The van der Waals surface area contributed by atoms with Gasteiger partial charge in [-0.3, -0.25) is 13.9 Å². The summed E-state index contributed by atoms with van der Waals surface area (Å²) in [6, 6.07) is 12.6. The van der Waals surface area contributed by atoms with Crippen LogP contribution in [0.4, 0.5) is 5.69 Å². The molecule has 1 atom stereocenters. The van der Waals surface area contributed by atoms with Gasteiger partial charge in [0.05, 0.1) is 49.1 Å². The van der Waals surface area contributed by atoms with Crippen LogP contribution in [0.2, 0.25) is 10.0 Å². The molecule has 0 heterocycles. The summed E-state index contributed by atoms with van der Waals surface area (Å²) in [5.41, 5.74) is 0.0270. The van der Waals surface area contributed by atoms with Crippen molar-refractivity contribution in [3.05, 3.63) is 70.2 Å². The molecule has 14 heteroatoms. The number of hydrogen-bond acceptors (Lipinski definition) is 8. The number of halogens is 2. The molecule has 0 aliphatic carbocycles. The van der Waals surface area contributed by atoms with Gasteiger partial charge in [0.25, 0.3) is 10.0 Å². The Labute approximate surface area is 286 Å². The lowest BCUT2D eigenvalue weighted by Gasteiger charge is -2.35. The smallest absolute Gasteiger partial charge is 0.265 e. The second-order valence-electron chi connectivity index (χ2n) is 11.5. The highest BCUT2D eigenvalue weighted by atomic mass is 35.5. The first-order chi connectivity index (χ1) is 22.1. The Bertz CT molecular complexity index is 1700. The summed E-state index contributed by atoms with van der Waals surface area (Å²) in [6.07, 6.45) is 0.236. The first-order valence-corrected chi connectivity index (χ1v) is 16.8. The van der Waals surface area contributed by atoms with E-state index in [1.165, 1.54) is 63.7 Å². The lowest BCUT2D eigenvalue weighted by atomic mass is 10.1. The average molecular weight is 711 g/mol. The Kier molecular flexibility index (Phi) is 12.6. The maximum atomic E-state index is 14.5. The van der Waals surface area contributed by atoms with Crippen LogP contribution in [-0.2, 0) is 26.2 Å². The second-order valence-corrected chi connectivity index (χ2v) is 14.2. The SMILES string of the molecule is CC[C@@H](C(=O)NC(C)(C)C)N(Cc1ccc(Cl)c(Cl)c1)C(=O)CN(c1cc(OC)ccc1OC)S(=O)(=O)c1ccc(OC)c(OC)c1. The molecule has 0 fully saturated rings. The van der Waals surface area contributed by atoms with Crippen LogP contribution >= 0.6 is 23.2 Å². The number of rotatable bonds is 14. The molecule has 3 rings (SSSR count). The molecule has 0 unspecified atom stereocenters. The molecule has 0 radical (unpaired) electrons. The van der Waals surface area contributed by atoms with E-state index in [2.05, 4.69) is 5.32 Å². The van der Waals surface area contributed by atoms with Crippen molar-refractivity contribution in [2.45, 2.75) is 57.1 Å². The van der Waals surface area contributed by atoms with Crippen LogP contribution in [0.1, 0.15) is 39.7 Å². The minimum atomic E-state index is -4.49. The average Bonchev–Trinajstić information content (AvgIpc) is 3.03. The quantitative estimate of drug-likeness (QED) is 0.218. The van der Waals surface area contributed by atoms with Crippen molar-refractivity contribution in [3.63, 3.8) is 0 Å². The zero-order valence-corrected chi connectivity index (χ0v) is 30.0. The number of carbonyl (C=O) groups is 2. The van der Waals surface area contributed by atoms with Gasteiger partial charge in [-0.25, -0.2) is 8.42 Å². The van der Waals surface area contributed by atoms with E-state index in [0.717, 1.165) is 4.31 Å². The largest absolute Gasteiger partial charge is 0.497 e. The van der Waals surface area contributed by atoms with E-state index in [9.17, 15) is 18.0 Å². The molecule has 3 aromatic rings. The molecule has 2 amide bonds. The minimum absolute atomic E-state index is 0.0386. The highest BCUT2D eigenvalue weighted by molar-refractivity contribution is 7.92. The van der Waals surface area contributed by atoms with Gasteiger partial charge in [0.15, 0.2) is 11.5 Å². The van der Waals surface area contributed by atoms with Crippen LogP contribution in [0.15, 0.2) is 59.5 Å². The number of benzene rings is 3. The van der Waals surface area contributed by atoms with Crippen LogP contribution in [0.5, 0.6) is 23.0 Å². The molecule has 0 aromatic heterocycles. The van der Waals surface area contributed by atoms with E-state index in [-0.39, 0.29) is 40.1 Å². The van der Waals surface area contributed by atoms with Gasteiger partial charge in [0.1, 0.15) is 24.1 Å². The number of ether oxygens (including phenoxy) is 4. The van der Waals surface area contributed by atoms with E-state index in [1.807, 2.05) is 20.8 Å². The van der Waals surface area contributed by atoms with Gasteiger partial charge in [-0.05, 0) is 69.2 Å². The summed E-state index contributed by atoms with van der Waals surface area (Å²) < 4.78 is 51.5. The molecule has 0 saturated heterocycles. The number of hydrogen-bond donors (Lipinski definition) is 1. The first kappa shape index (κ1) is 37.6. The molecule has 47 heavy (non-hydrogen) atoms. The summed E-state index contributed by atoms with van der Waals surface area (Å²) in [7, 11) is 1.14. The summed E-state index contributed by atoms with van der Waals surface area (Å²) >= 11 is 12.4. The molecule has 0 bridgehead atoms. The van der Waals surface area contributed by atoms with E-state index < -0.39 is 40.0 Å². The molecule has 0 spiro atoms. The summed E-state index contributed by atoms with van der Waals surface area (Å²) in [5, 5.41) is 3.52. The normalized spacial score (nSPS) is 12.1. The Hall–Kier alpha value is -3.87. The van der Waals surface area contributed by atoms with Crippen molar-refractivity contribution in [3.8, 4) is 23.0 Å². The Morgan fingerprint density at radius 2 is 1.47 bits per heavy atom. The molecule has 256 valence electrons. The minimum Gasteiger partial charge on any atom is -0.497 e. The first-order valence-electron chi connectivity index (χ1n) is 14.6. The molecule has 3 aromatic carbocycles. The zero-order chi connectivity index (χ0) is 35.1. The number of amides is 2. The predicted molar refractivity (Wildman–Crippen MR) is 183 cm³/mol. The maximum Gasteiger partial charge on any atom is 0.265 e. The van der Waals surface area contributed by atoms with Crippen LogP contribution in [0, 0.1) is 0 Å². The van der Waals surface area contributed by atoms with Crippen LogP contribution in [0.3, 0.4) is 0 Å². The monoisotopic (exact) mass is 709 g/mol. The van der Waals surface area contributed by atoms with Gasteiger partial charge >= 0.3 is 0 Å². The number of nitrogens with zero attached hydrogens (tertiary/aromatic N) is 2. The number of methoxy groups -OCH3 is 4. The van der Waals surface area contributed by atoms with Gasteiger partial charge in [0.2, 0.25) is 11.8 Å². The van der Waals surface area contributed by atoms with Crippen molar-refractivity contribution in [1.29, 1.82) is 0 Å². The Balaban J connectivity index is 2.22. The molecule has 0 saturated carbocycles. The van der Waals surface area contributed by atoms with E-state index >= 15 is 0 Å². The second kappa shape index (κ2) is 15.8. The van der Waals surface area contributed by atoms with E-state index in [4.69, 9.17) is 42.1 Å². The molecular formula is C33H41Cl2N3O8S. The van der Waals surface area contributed by atoms with Gasteiger partial charge in [-0.1, -0.05) is 36.2 Å². The van der Waals surface area contributed by atoms with E-state index in [1.54, 1.807) is 31.2 Å². The van der Waals surface area contributed by atoms with Crippen molar-refractivity contribution in [2.24, 2.45) is 0 Å². The highest BCUT2D eigenvalue weighted by Gasteiger charge is 2.36. The Morgan fingerprint density at radius 1 is 0.830 bits per heavy atom. The fourth-order valence-corrected chi connectivity index (χ4v) is 6.57. The summed E-state index contributed by atoms with van der Waals surface area (Å²) in [6.45, 7) is 6.48. The summed E-state index contributed by atoms with van der Waals surface area (Å²) in [5.74, 6) is -0.0942. The third kappa shape index (κ3) is 9.15. The number of anilines is 1. The zero-order valence-electron chi connectivity index (χ0n) is 27.7. The fraction of sp³-hybridized carbons (Fsp3) is 0.394. The highest BCUT2D eigenvalue weighted by Crippen LogP contribution is 2.38. The van der Waals surface area contributed by atoms with Crippen LogP contribution < -0.4 is 28.6 Å². The number of carbonyl (C=O) groups excluding carboxylic acids is 2. The lowest BCUT2D eigenvalue weighted by molar-refractivity contribution is -0.141.